The second-order valence-corrected chi connectivity index (χ2v) is 6.62. The number of benzene rings is 3. The van der Waals surface area contributed by atoms with Gasteiger partial charge in [-0.2, -0.15) is 0 Å². The third kappa shape index (κ3) is 2.51. The van der Waals surface area contributed by atoms with E-state index in [2.05, 4.69) is 80.4 Å². The zero-order valence-electron chi connectivity index (χ0n) is 11.2. The average Bonchev–Trinajstić information content (AvgIpc) is 2.51. The third-order valence-corrected chi connectivity index (χ3v) is 5.25. The van der Waals surface area contributed by atoms with Gasteiger partial charge in [0.15, 0.2) is 0 Å². The molecule has 0 fully saturated rings. The Kier molecular flexibility index (Phi) is 4.42. The second kappa shape index (κ2) is 6.28. The van der Waals surface area contributed by atoms with Crippen molar-refractivity contribution in [3.05, 3.63) is 58.6 Å². The lowest BCUT2D eigenvalue weighted by atomic mass is 9.94. The average molecular weight is 392 g/mol. The Morgan fingerprint density at radius 3 is 1.90 bits per heavy atom. The maximum atomic E-state index is 3.84. The number of alkyl halides is 1. The van der Waals surface area contributed by atoms with Crippen LogP contribution < -0.4 is 0 Å². The van der Waals surface area contributed by atoms with Crippen molar-refractivity contribution in [2.24, 2.45) is 0 Å². The lowest BCUT2D eigenvalue weighted by molar-refractivity contribution is 0.808. The number of hydrogen-bond donors (Lipinski definition) is 0. The van der Waals surface area contributed by atoms with Gasteiger partial charge in [-0.05, 0) is 62.3 Å². The Balaban J connectivity index is 2.27. The fourth-order valence-electron chi connectivity index (χ4n) is 2.81. The molecular formula is C18H16Br2. The largest absolute Gasteiger partial charge is 0.0928 e. The monoisotopic (exact) mass is 390 g/mol. The minimum Gasteiger partial charge on any atom is -0.0928 e. The van der Waals surface area contributed by atoms with E-state index in [0.29, 0.717) is 0 Å². The van der Waals surface area contributed by atoms with Gasteiger partial charge in [-0.25, -0.2) is 0 Å². The summed E-state index contributed by atoms with van der Waals surface area (Å²) in [5.74, 6) is 0. The van der Waals surface area contributed by atoms with Gasteiger partial charge in [0.1, 0.15) is 0 Å². The lowest BCUT2D eigenvalue weighted by Crippen LogP contribution is -1.92. The van der Waals surface area contributed by atoms with Gasteiger partial charge < -0.3 is 0 Å². The molecule has 102 valence electrons. The van der Waals surface area contributed by atoms with Gasteiger partial charge in [-0.3, -0.25) is 0 Å². The first kappa shape index (κ1) is 14.1. The Morgan fingerprint density at radius 2 is 1.25 bits per heavy atom. The number of unbranched alkanes of at least 4 members (excludes halogenated alkanes) is 1. The SMILES string of the molecule is BrCCCCc1c(Br)c2ccccc2c2ccccc12. The summed E-state index contributed by atoms with van der Waals surface area (Å²) < 4.78 is 1.27. The second-order valence-electron chi connectivity index (χ2n) is 5.03. The standard InChI is InChI=1S/C18H16Br2/c19-12-6-5-11-17-15-8-2-1-7-13(15)14-9-3-4-10-16(14)18(17)20/h1-4,7-10H,5-6,11-12H2. The van der Waals surface area contributed by atoms with Crippen LogP contribution in [-0.4, -0.2) is 5.33 Å². The Labute approximate surface area is 136 Å². The summed E-state index contributed by atoms with van der Waals surface area (Å²) in [6.45, 7) is 0. The van der Waals surface area contributed by atoms with Crippen molar-refractivity contribution in [1.82, 2.24) is 0 Å². The molecule has 0 atom stereocenters. The van der Waals surface area contributed by atoms with Gasteiger partial charge in [0.05, 0.1) is 0 Å². The van der Waals surface area contributed by atoms with Crippen LogP contribution in [0.5, 0.6) is 0 Å². The van der Waals surface area contributed by atoms with Gasteiger partial charge >= 0.3 is 0 Å². The molecule has 0 radical (unpaired) electrons. The highest BCUT2D eigenvalue weighted by Crippen LogP contribution is 2.36. The minimum absolute atomic E-state index is 1.08. The van der Waals surface area contributed by atoms with Crippen LogP contribution in [0.25, 0.3) is 21.5 Å². The van der Waals surface area contributed by atoms with Crippen LogP contribution in [0.15, 0.2) is 53.0 Å². The number of hydrogen-bond acceptors (Lipinski definition) is 0. The predicted molar refractivity (Wildman–Crippen MR) is 95.9 cm³/mol. The van der Waals surface area contributed by atoms with E-state index in [4.69, 9.17) is 0 Å². The van der Waals surface area contributed by atoms with Crippen molar-refractivity contribution < 1.29 is 0 Å². The molecule has 0 bridgehead atoms. The van der Waals surface area contributed by atoms with Crippen LogP contribution in [0.1, 0.15) is 18.4 Å². The Morgan fingerprint density at radius 1 is 0.700 bits per heavy atom. The maximum absolute atomic E-state index is 3.84. The minimum atomic E-state index is 1.08. The summed E-state index contributed by atoms with van der Waals surface area (Å²) in [5.41, 5.74) is 1.44. The lowest BCUT2D eigenvalue weighted by Gasteiger charge is -2.13. The molecule has 0 heterocycles. The third-order valence-electron chi connectivity index (χ3n) is 3.78. The first-order valence-electron chi connectivity index (χ1n) is 6.96. The smallest absolute Gasteiger partial charge is 0.0292 e. The van der Waals surface area contributed by atoms with Crippen molar-refractivity contribution in [1.29, 1.82) is 0 Å². The van der Waals surface area contributed by atoms with E-state index in [9.17, 15) is 0 Å². The van der Waals surface area contributed by atoms with E-state index in [0.717, 1.165) is 11.8 Å². The molecule has 3 rings (SSSR count). The van der Waals surface area contributed by atoms with Gasteiger partial charge in [0, 0.05) is 9.80 Å². The van der Waals surface area contributed by atoms with Gasteiger partial charge in [-0.15, -0.1) is 0 Å². The molecule has 20 heavy (non-hydrogen) atoms. The van der Waals surface area contributed by atoms with Crippen LogP contribution in [-0.2, 0) is 6.42 Å². The first-order chi connectivity index (χ1) is 9.83. The normalized spacial score (nSPS) is 11.3. The van der Waals surface area contributed by atoms with Crippen molar-refractivity contribution >= 4 is 53.4 Å². The molecule has 0 aliphatic heterocycles. The Hall–Kier alpha value is -0.860. The Bertz CT molecular complexity index is 747. The van der Waals surface area contributed by atoms with E-state index in [1.165, 1.54) is 44.4 Å². The molecule has 0 N–H and O–H groups in total. The van der Waals surface area contributed by atoms with Gasteiger partial charge in [0.25, 0.3) is 0 Å². The topological polar surface area (TPSA) is 0 Å². The molecule has 0 saturated heterocycles. The van der Waals surface area contributed by atoms with Gasteiger partial charge in [-0.1, -0.05) is 64.5 Å². The van der Waals surface area contributed by atoms with Crippen molar-refractivity contribution in [3.8, 4) is 0 Å². The predicted octanol–water partition coefficient (Wildman–Crippen LogP) is 6.47. The molecule has 0 saturated carbocycles. The number of aryl methyl sites for hydroxylation is 1. The summed E-state index contributed by atoms with van der Waals surface area (Å²) in [6.07, 6.45) is 3.55. The molecule has 3 aromatic rings. The summed E-state index contributed by atoms with van der Waals surface area (Å²) in [5, 5.41) is 6.47. The van der Waals surface area contributed by atoms with Crippen LogP contribution in [0, 0.1) is 0 Å². The van der Waals surface area contributed by atoms with E-state index in [1.54, 1.807) is 0 Å². The zero-order chi connectivity index (χ0) is 13.9. The molecule has 0 spiro atoms. The highest BCUT2D eigenvalue weighted by Gasteiger charge is 2.11. The van der Waals surface area contributed by atoms with Crippen molar-refractivity contribution in [3.63, 3.8) is 0 Å². The van der Waals surface area contributed by atoms with Crippen LogP contribution in [0.2, 0.25) is 0 Å². The molecule has 2 heteroatoms. The highest BCUT2D eigenvalue weighted by atomic mass is 79.9. The summed E-state index contributed by atoms with van der Waals surface area (Å²) in [7, 11) is 0. The number of halogens is 2. The summed E-state index contributed by atoms with van der Waals surface area (Å²) >= 11 is 7.36. The van der Waals surface area contributed by atoms with Crippen LogP contribution in [0.4, 0.5) is 0 Å². The molecule has 0 aliphatic rings. The van der Waals surface area contributed by atoms with Crippen LogP contribution >= 0.6 is 31.9 Å². The molecule has 3 aromatic carbocycles. The molecule has 0 aliphatic carbocycles. The summed E-state index contributed by atoms with van der Waals surface area (Å²) in [6, 6.07) is 17.4. The number of fused-ring (bicyclic) bond motifs is 3. The van der Waals surface area contributed by atoms with Crippen molar-refractivity contribution in [2.45, 2.75) is 19.3 Å². The van der Waals surface area contributed by atoms with E-state index >= 15 is 0 Å². The number of rotatable bonds is 4. The van der Waals surface area contributed by atoms with E-state index in [1.807, 2.05) is 0 Å². The maximum Gasteiger partial charge on any atom is 0.0292 e. The highest BCUT2D eigenvalue weighted by molar-refractivity contribution is 9.10. The van der Waals surface area contributed by atoms with E-state index in [-0.39, 0.29) is 0 Å². The fourth-order valence-corrected chi connectivity index (χ4v) is 3.97. The first-order valence-corrected chi connectivity index (χ1v) is 8.88. The molecule has 0 nitrogen and oxygen atoms in total. The van der Waals surface area contributed by atoms with Crippen molar-refractivity contribution in [2.75, 3.05) is 5.33 Å². The summed E-state index contributed by atoms with van der Waals surface area (Å²) in [4.78, 5) is 0. The molecule has 0 unspecified atom stereocenters. The zero-order valence-corrected chi connectivity index (χ0v) is 14.4. The van der Waals surface area contributed by atoms with E-state index < -0.39 is 0 Å². The fraction of sp³-hybridized carbons (Fsp3) is 0.222. The van der Waals surface area contributed by atoms with Crippen LogP contribution in [0.3, 0.4) is 0 Å². The molecule has 0 amide bonds. The quantitative estimate of drug-likeness (QED) is 0.271. The molecular weight excluding hydrogens is 376 g/mol. The molecule has 0 aromatic heterocycles. The van der Waals surface area contributed by atoms with Gasteiger partial charge in [0.2, 0.25) is 0 Å².